The summed E-state index contributed by atoms with van der Waals surface area (Å²) in [4.78, 5) is 8.48. The van der Waals surface area contributed by atoms with E-state index >= 15 is 0 Å². The van der Waals surface area contributed by atoms with Gasteiger partial charge < -0.3 is 0 Å². The van der Waals surface area contributed by atoms with Crippen molar-refractivity contribution in [3.63, 3.8) is 0 Å². The number of aliphatic imine (C=N–C) groups is 1. The van der Waals surface area contributed by atoms with E-state index in [9.17, 15) is 10.2 Å². The van der Waals surface area contributed by atoms with E-state index < -0.39 is 24.5 Å². The third-order valence-corrected chi connectivity index (χ3v) is 5.27. The molecule has 20 heavy (non-hydrogen) atoms. The Morgan fingerprint density at radius 1 is 1.40 bits per heavy atom. The van der Waals surface area contributed by atoms with E-state index in [4.69, 9.17) is 15.6 Å². The van der Waals surface area contributed by atoms with Crippen molar-refractivity contribution in [1.82, 2.24) is 12.3 Å². The predicted molar refractivity (Wildman–Crippen MR) is 69.3 cm³/mol. The normalized spacial score (nSPS) is 36.5. The molecule has 1 aromatic heterocycles. The quantitative estimate of drug-likeness (QED) is 0.341. The summed E-state index contributed by atoms with van der Waals surface area (Å²) in [5.74, 6) is 0.504. The molecule has 2 radical (unpaired) electrons. The Morgan fingerprint density at radius 2 is 2.15 bits per heavy atom. The molecule has 0 amide bonds. The van der Waals surface area contributed by atoms with Crippen LogP contribution in [0.25, 0.3) is 0 Å². The molecule has 3 unspecified atom stereocenters. The van der Waals surface area contributed by atoms with Crippen LogP contribution in [0.5, 0.6) is 0 Å². The molecular formula is C10H15N5O4Pb. The van der Waals surface area contributed by atoms with Gasteiger partial charge in [-0.15, -0.1) is 0 Å². The molecule has 2 aliphatic rings. The van der Waals surface area contributed by atoms with Crippen LogP contribution in [-0.2, 0) is 4.74 Å². The maximum atomic E-state index is 10.0. The first-order valence-corrected chi connectivity index (χ1v) is 8.07. The number of rotatable bonds is 2. The standard InChI is InChI=1S/C10H14N5O4.Pb.H/c11-8-5-9(13-2-12-8)15(3-14-5)10-7(18)6(17)4(1-16)19-10;;/h2-4,6-8,10,16-18H,1,11H2;;/q-1;+1;/t4-,6?,7?,8?,10-;;/m1../s1. The Kier molecular flexibility index (Phi) is 3.81. The zero-order chi connectivity index (χ0) is 14.4. The third kappa shape index (κ3) is 2.08. The molecule has 9 nitrogen and oxygen atoms in total. The van der Waals surface area contributed by atoms with Gasteiger partial charge in [-0.2, -0.15) is 0 Å². The zero-order valence-electron chi connectivity index (χ0n) is 10.4. The van der Waals surface area contributed by atoms with Crippen LogP contribution in [0.1, 0.15) is 18.1 Å². The topological polar surface area (TPSA) is 129 Å². The van der Waals surface area contributed by atoms with Gasteiger partial charge in [0.05, 0.1) is 0 Å². The van der Waals surface area contributed by atoms with Gasteiger partial charge in [0.2, 0.25) is 0 Å². The average molecular weight is 476 g/mol. The molecule has 0 aromatic carbocycles. The molecule has 1 fully saturated rings. The van der Waals surface area contributed by atoms with Crippen LogP contribution in [0.2, 0.25) is 0 Å². The van der Waals surface area contributed by atoms with Gasteiger partial charge in [-0.3, -0.25) is 0 Å². The molecule has 10 heteroatoms. The number of aliphatic hydroxyl groups is 3. The van der Waals surface area contributed by atoms with Crippen molar-refractivity contribution < 1.29 is 20.1 Å². The summed E-state index contributed by atoms with van der Waals surface area (Å²) < 4.78 is 8.87. The first-order chi connectivity index (χ1) is 9.54. The maximum absolute atomic E-state index is 10.0. The van der Waals surface area contributed by atoms with Crippen LogP contribution < -0.4 is 5.73 Å². The summed E-state index contributed by atoms with van der Waals surface area (Å²) in [6.45, 7) is -0.371. The van der Waals surface area contributed by atoms with Crippen LogP contribution in [0.3, 0.4) is 0 Å². The second-order valence-electron chi connectivity index (χ2n) is 4.73. The van der Waals surface area contributed by atoms with E-state index in [0.29, 0.717) is 37.6 Å². The third-order valence-electron chi connectivity index (χ3n) is 3.50. The summed E-state index contributed by atoms with van der Waals surface area (Å²) in [5.41, 5.74) is 6.63. The van der Waals surface area contributed by atoms with Crippen molar-refractivity contribution in [2.75, 3.05) is 6.61 Å². The zero-order valence-corrected chi connectivity index (χ0v) is 14.9. The fraction of sp³-hybridized carbons (Fsp3) is 0.600. The molecule has 1 aromatic rings. The van der Waals surface area contributed by atoms with Crippen molar-refractivity contribution >= 4 is 38.2 Å². The van der Waals surface area contributed by atoms with E-state index in [-0.39, 0.29) is 12.8 Å². The number of aliphatic hydroxyl groups excluding tert-OH is 3. The van der Waals surface area contributed by atoms with E-state index in [1.807, 2.05) is 2.71 Å². The van der Waals surface area contributed by atoms with Crippen LogP contribution in [0.15, 0.2) is 11.3 Å². The average Bonchev–Trinajstić information content (AvgIpc) is 2.98. The number of ether oxygens (including phenoxy) is 1. The Morgan fingerprint density at radius 3 is 2.80 bits per heavy atom. The second kappa shape index (κ2) is 5.31. The van der Waals surface area contributed by atoms with Crippen LogP contribution in [0.4, 0.5) is 5.82 Å². The monoisotopic (exact) mass is 477 g/mol. The fourth-order valence-corrected chi connectivity index (χ4v) is 3.15. The number of fused-ring (bicyclic) bond motifs is 1. The molecule has 3 heterocycles. The number of nitrogens with zero attached hydrogens (tertiary/aromatic N) is 4. The van der Waals surface area contributed by atoms with Gasteiger partial charge >= 0.3 is 131 Å². The molecule has 108 valence electrons. The van der Waals surface area contributed by atoms with E-state index in [1.54, 1.807) is 6.34 Å². The van der Waals surface area contributed by atoms with Crippen molar-refractivity contribution in [2.24, 2.45) is 10.7 Å². The molecule has 2 aliphatic heterocycles. The van der Waals surface area contributed by atoms with Crippen LogP contribution >= 0.6 is 0 Å². The van der Waals surface area contributed by atoms with E-state index in [0.717, 1.165) is 0 Å². The molecule has 0 aliphatic carbocycles. The predicted octanol–water partition coefficient (Wildman–Crippen LogP) is -2.76. The van der Waals surface area contributed by atoms with Crippen molar-refractivity contribution in [3.05, 3.63) is 12.0 Å². The van der Waals surface area contributed by atoms with Gasteiger partial charge in [0.1, 0.15) is 0 Å². The van der Waals surface area contributed by atoms with Gasteiger partial charge in [0.25, 0.3) is 0 Å². The van der Waals surface area contributed by atoms with Crippen LogP contribution in [0, 0.1) is 0 Å². The number of aromatic nitrogens is 2. The fourth-order valence-electron chi connectivity index (χ4n) is 2.34. The van der Waals surface area contributed by atoms with Crippen molar-refractivity contribution in [1.29, 1.82) is 0 Å². The van der Waals surface area contributed by atoms with Gasteiger partial charge in [-0.1, -0.05) is 0 Å². The van der Waals surface area contributed by atoms with Crippen molar-refractivity contribution in [3.8, 4) is 0 Å². The first-order valence-electron chi connectivity index (χ1n) is 6.06. The Hall–Kier alpha value is -0.598. The summed E-state index contributed by atoms with van der Waals surface area (Å²) >= 11 is 0.506. The summed E-state index contributed by atoms with van der Waals surface area (Å²) in [7, 11) is 0. The molecule has 0 saturated carbocycles. The summed E-state index contributed by atoms with van der Waals surface area (Å²) in [5, 5.41) is 28.9. The molecule has 0 bridgehead atoms. The second-order valence-corrected chi connectivity index (χ2v) is 7.04. The van der Waals surface area contributed by atoms with Gasteiger partial charge in [0, 0.05) is 0 Å². The first kappa shape index (κ1) is 14.3. The van der Waals surface area contributed by atoms with Gasteiger partial charge in [-0.05, 0) is 0 Å². The van der Waals surface area contributed by atoms with Gasteiger partial charge in [-0.25, -0.2) is 0 Å². The van der Waals surface area contributed by atoms with Crippen molar-refractivity contribution in [2.45, 2.75) is 30.7 Å². The minimum atomic E-state index is -1.16. The number of imidazole rings is 1. The molecule has 1 saturated heterocycles. The SMILES string of the molecule is NC1c2ncn([C@@H]3O[C@H](CO)C(O)C3O)c2N=C[N]1[PbH]. The van der Waals surface area contributed by atoms with E-state index in [1.165, 1.54) is 10.9 Å². The van der Waals surface area contributed by atoms with Gasteiger partial charge in [0.15, 0.2) is 0 Å². The Labute approximate surface area is 130 Å². The van der Waals surface area contributed by atoms with Crippen LogP contribution in [-0.4, -0.2) is 84.9 Å². The number of nitrogens with two attached hydrogens (primary N) is 1. The number of hydrogen-bond acceptors (Lipinski definition) is 8. The minimum absolute atomic E-state index is 0.356. The molecular weight excluding hydrogens is 461 g/mol. The Bertz CT molecular complexity index is 538. The number of hydrogen-bond donors (Lipinski definition) is 4. The van der Waals surface area contributed by atoms with E-state index in [2.05, 4.69) is 9.98 Å². The molecule has 0 spiro atoms. The summed E-state index contributed by atoms with van der Waals surface area (Å²) in [6.07, 6.45) is -1.22. The molecule has 5 atom stereocenters. The summed E-state index contributed by atoms with van der Waals surface area (Å²) in [6, 6.07) is 0. The molecule has 5 N–H and O–H groups in total. The Balaban J connectivity index is 1.95. The molecule has 3 rings (SSSR count).